The third-order valence-corrected chi connectivity index (χ3v) is 7.23. The third kappa shape index (κ3) is 4.98. The van der Waals surface area contributed by atoms with E-state index in [4.69, 9.17) is 21.3 Å². The molecule has 200 valence electrons. The highest BCUT2D eigenvalue weighted by molar-refractivity contribution is 6.35. The maximum absolute atomic E-state index is 16.5. The van der Waals surface area contributed by atoms with Crippen molar-refractivity contribution in [2.24, 2.45) is 0 Å². The van der Waals surface area contributed by atoms with Gasteiger partial charge in [-0.15, -0.1) is 0 Å². The molecule has 11 heteroatoms. The van der Waals surface area contributed by atoms with Gasteiger partial charge in [0.15, 0.2) is 5.82 Å². The summed E-state index contributed by atoms with van der Waals surface area (Å²) in [5.74, 6) is 0.0458. The van der Waals surface area contributed by atoms with Gasteiger partial charge in [-0.3, -0.25) is 9.89 Å². The molecule has 2 aromatic heterocycles. The second-order valence-electron chi connectivity index (χ2n) is 9.86. The molecule has 0 unspecified atom stereocenters. The molecule has 0 aliphatic carbocycles. The van der Waals surface area contributed by atoms with Gasteiger partial charge in [0.05, 0.1) is 23.3 Å². The van der Waals surface area contributed by atoms with Gasteiger partial charge in [0, 0.05) is 61.5 Å². The van der Waals surface area contributed by atoms with Gasteiger partial charge < -0.3 is 19.4 Å². The van der Waals surface area contributed by atoms with E-state index < -0.39 is 5.82 Å². The quantitative estimate of drug-likeness (QED) is 0.351. The van der Waals surface area contributed by atoms with Crippen molar-refractivity contribution in [2.45, 2.75) is 20.3 Å². The molecule has 1 aliphatic heterocycles. The lowest BCUT2D eigenvalue weighted by Crippen LogP contribution is -2.48. The number of aromatic amines is 1. The van der Waals surface area contributed by atoms with Crippen LogP contribution in [0.2, 0.25) is 5.02 Å². The Kier molecular flexibility index (Phi) is 7.36. The summed E-state index contributed by atoms with van der Waals surface area (Å²) in [4.78, 5) is 27.0. The number of carbonyl (C=O) groups is 1. The number of nitrogens with zero attached hydrogens (tertiary/aromatic N) is 6. The first-order chi connectivity index (χ1) is 18.2. The number of hydrogen-bond acceptors (Lipinski definition) is 7. The molecular formula is C27H31ClFN7O2. The van der Waals surface area contributed by atoms with Gasteiger partial charge in [-0.2, -0.15) is 15.1 Å². The van der Waals surface area contributed by atoms with Gasteiger partial charge in [-0.1, -0.05) is 17.7 Å². The Labute approximate surface area is 225 Å². The van der Waals surface area contributed by atoms with Crippen LogP contribution < -0.4 is 9.64 Å². The van der Waals surface area contributed by atoms with Crippen LogP contribution in [-0.2, 0) is 4.79 Å². The Balaban J connectivity index is 1.63. The monoisotopic (exact) mass is 539 g/mol. The van der Waals surface area contributed by atoms with Crippen molar-refractivity contribution in [3.8, 4) is 17.1 Å². The number of benzene rings is 2. The molecular weight excluding hydrogens is 509 g/mol. The number of aromatic nitrogens is 4. The summed E-state index contributed by atoms with van der Waals surface area (Å²) in [6.45, 7) is 6.94. The van der Waals surface area contributed by atoms with Crippen molar-refractivity contribution >= 4 is 45.1 Å². The molecule has 0 saturated carbocycles. The lowest BCUT2D eigenvalue weighted by Gasteiger charge is -2.35. The minimum absolute atomic E-state index is 0.0321. The maximum Gasteiger partial charge on any atom is 0.319 e. The second kappa shape index (κ2) is 10.7. The molecule has 2 aromatic carbocycles. The lowest BCUT2D eigenvalue weighted by molar-refractivity contribution is -0.129. The van der Waals surface area contributed by atoms with Crippen molar-refractivity contribution in [1.29, 1.82) is 0 Å². The molecule has 0 bridgehead atoms. The molecule has 1 fully saturated rings. The minimum Gasteiger partial charge on any atom is -0.463 e. The van der Waals surface area contributed by atoms with E-state index in [1.165, 1.54) is 0 Å². The zero-order valence-corrected chi connectivity index (χ0v) is 22.8. The molecule has 0 radical (unpaired) electrons. The summed E-state index contributed by atoms with van der Waals surface area (Å²) in [5.41, 5.74) is 2.75. The first-order valence-electron chi connectivity index (χ1n) is 12.7. The number of fused-ring (bicyclic) bond motifs is 2. The topological polar surface area (TPSA) is 90.5 Å². The van der Waals surface area contributed by atoms with E-state index in [1.807, 2.05) is 38.1 Å². The van der Waals surface area contributed by atoms with E-state index in [9.17, 15) is 4.79 Å². The van der Waals surface area contributed by atoms with E-state index in [2.05, 4.69) is 20.1 Å². The van der Waals surface area contributed by atoms with Gasteiger partial charge >= 0.3 is 6.01 Å². The largest absolute Gasteiger partial charge is 0.463 e. The van der Waals surface area contributed by atoms with Crippen LogP contribution in [0, 0.1) is 12.7 Å². The molecule has 0 spiro atoms. The second-order valence-corrected chi connectivity index (χ2v) is 10.3. The number of halogens is 2. The SMILES string of the molecule is CC(=O)N1CCN(c2nc(OCCCN(C)C)nc3c(F)c(-c4c(C)ccc5[nH]ncc45)c(Cl)cc23)CC1. The zero-order chi connectivity index (χ0) is 27.0. The molecule has 9 nitrogen and oxygen atoms in total. The molecule has 1 aliphatic rings. The maximum atomic E-state index is 16.5. The van der Waals surface area contributed by atoms with Crippen molar-refractivity contribution in [3.05, 3.63) is 40.8 Å². The minimum atomic E-state index is -0.534. The van der Waals surface area contributed by atoms with Crippen molar-refractivity contribution in [2.75, 3.05) is 58.3 Å². The van der Waals surface area contributed by atoms with Gasteiger partial charge in [0.25, 0.3) is 0 Å². The molecule has 3 heterocycles. The highest BCUT2D eigenvalue weighted by Gasteiger charge is 2.26. The van der Waals surface area contributed by atoms with Gasteiger partial charge in [0.2, 0.25) is 5.91 Å². The molecule has 1 N–H and O–H groups in total. The molecule has 1 amide bonds. The van der Waals surface area contributed by atoms with E-state index in [0.29, 0.717) is 49.6 Å². The number of H-pyrrole nitrogens is 1. The average Bonchev–Trinajstić information content (AvgIpc) is 3.37. The predicted molar refractivity (Wildman–Crippen MR) is 147 cm³/mol. The zero-order valence-electron chi connectivity index (χ0n) is 22.0. The Morgan fingerprint density at radius 3 is 2.63 bits per heavy atom. The van der Waals surface area contributed by atoms with Crippen LogP contribution in [0.15, 0.2) is 24.4 Å². The number of piperazine rings is 1. The van der Waals surface area contributed by atoms with Crippen LogP contribution in [0.5, 0.6) is 6.01 Å². The highest BCUT2D eigenvalue weighted by atomic mass is 35.5. The van der Waals surface area contributed by atoms with E-state index >= 15 is 4.39 Å². The highest BCUT2D eigenvalue weighted by Crippen LogP contribution is 2.42. The van der Waals surface area contributed by atoms with E-state index in [1.54, 1.807) is 24.1 Å². The van der Waals surface area contributed by atoms with Crippen LogP contribution >= 0.6 is 11.6 Å². The fraction of sp³-hybridized carbons (Fsp3) is 0.407. The lowest BCUT2D eigenvalue weighted by atomic mass is 9.95. The van der Waals surface area contributed by atoms with E-state index in [-0.39, 0.29) is 28.0 Å². The Bertz CT molecular complexity index is 1500. The fourth-order valence-electron chi connectivity index (χ4n) is 4.93. The normalized spacial score (nSPS) is 14.2. The Morgan fingerprint density at radius 1 is 1.16 bits per heavy atom. The number of aryl methyl sites for hydroxylation is 1. The van der Waals surface area contributed by atoms with Gasteiger partial charge in [0.1, 0.15) is 11.3 Å². The molecule has 5 rings (SSSR count). The standard InChI is InChI=1S/C27H31ClFN7O2/c1-16-6-7-21-19(15-30-33-21)22(16)23-20(28)14-18-25(24(23)29)31-27(38-13-5-8-34(3)4)32-26(18)36-11-9-35(10-12-36)17(2)37/h6-7,14-15H,5,8-13H2,1-4H3,(H,30,33). The summed E-state index contributed by atoms with van der Waals surface area (Å²) in [7, 11) is 3.99. The summed E-state index contributed by atoms with van der Waals surface area (Å²) >= 11 is 6.80. The number of amides is 1. The van der Waals surface area contributed by atoms with Crippen molar-refractivity contribution < 1.29 is 13.9 Å². The van der Waals surface area contributed by atoms with Crippen molar-refractivity contribution in [1.82, 2.24) is 30.0 Å². The number of ether oxygens (including phenoxy) is 1. The summed E-state index contributed by atoms with van der Waals surface area (Å²) < 4.78 is 22.4. The molecule has 4 aromatic rings. The number of hydrogen-bond donors (Lipinski definition) is 1. The third-order valence-electron chi connectivity index (χ3n) is 6.93. The molecule has 0 atom stereocenters. The van der Waals surface area contributed by atoms with Crippen LogP contribution in [-0.4, -0.2) is 89.3 Å². The summed E-state index contributed by atoms with van der Waals surface area (Å²) in [5, 5.41) is 8.63. The number of nitrogens with one attached hydrogen (secondary N) is 1. The first-order valence-corrected chi connectivity index (χ1v) is 13.0. The average molecular weight is 540 g/mol. The van der Waals surface area contributed by atoms with Crippen LogP contribution in [0.1, 0.15) is 18.9 Å². The smallest absolute Gasteiger partial charge is 0.319 e. The number of anilines is 1. The van der Waals surface area contributed by atoms with Crippen LogP contribution in [0.4, 0.5) is 10.2 Å². The predicted octanol–water partition coefficient (Wildman–Crippen LogP) is 4.27. The summed E-state index contributed by atoms with van der Waals surface area (Å²) in [6.07, 6.45) is 2.45. The van der Waals surface area contributed by atoms with Crippen LogP contribution in [0.25, 0.3) is 32.9 Å². The molecule has 38 heavy (non-hydrogen) atoms. The number of rotatable bonds is 7. The molecule has 1 saturated heterocycles. The Hall–Kier alpha value is -3.50. The first kappa shape index (κ1) is 26.1. The Morgan fingerprint density at radius 2 is 1.92 bits per heavy atom. The number of carbonyl (C=O) groups excluding carboxylic acids is 1. The fourth-order valence-corrected chi connectivity index (χ4v) is 5.22. The van der Waals surface area contributed by atoms with Crippen molar-refractivity contribution in [3.63, 3.8) is 0 Å². The van der Waals surface area contributed by atoms with E-state index in [0.717, 1.165) is 29.4 Å². The summed E-state index contributed by atoms with van der Waals surface area (Å²) in [6, 6.07) is 5.67. The van der Waals surface area contributed by atoms with Gasteiger partial charge in [-0.05, 0) is 45.1 Å². The van der Waals surface area contributed by atoms with Crippen LogP contribution in [0.3, 0.4) is 0 Å². The van der Waals surface area contributed by atoms with Gasteiger partial charge in [-0.25, -0.2) is 4.39 Å².